The number of nitrogens with one attached hydrogen (secondary N) is 1. The third-order valence-corrected chi connectivity index (χ3v) is 4.12. The Hall–Kier alpha value is -1.92. The molecule has 1 amide bonds. The van der Waals surface area contributed by atoms with Crippen molar-refractivity contribution in [1.82, 2.24) is 19.8 Å². The minimum absolute atomic E-state index is 0. The number of fused-ring (bicyclic) bond motifs is 1. The molecule has 2 heterocycles. The second kappa shape index (κ2) is 7.57. The predicted molar refractivity (Wildman–Crippen MR) is 91.9 cm³/mol. The third-order valence-electron chi connectivity index (χ3n) is 4.12. The van der Waals surface area contributed by atoms with Gasteiger partial charge in [-0.25, -0.2) is 4.98 Å². The van der Waals surface area contributed by atoms with Crippen LogP contribution in [-0.2, 0) is 11.3 Å². The molecule has 1 aliphatic rings. The quantitative estimate of drug-likeness (QED) is 0.909. The lowest BCUT2D eigenvalue weighted by atomic mass is 10.2. The van der Waals surface area contributed by atoms with Gasteiger partial charge in [0.25, 0.3) is 5.56 Å². The SMILES string of the molecule is C[C@@H]1CNCCN1C(=O)CCn1cnc2ccccc2c1=O.Cl. The second-order valence-corrected chi connectivity index (χ2v) is 5.65. The molecule has 7 heteroatoms. The van der Waals surface area contributed by atoms with Crippen LogP contribution in [0.2, 0.25) is 0 Å². The minimum atomic E-state index is -0.0910. The van der Waals surface area contributed by atoms with E-state index in [0.29, 0.717) is 23.9 Å². The number of nitrogens with zero attached hydrogens (tertiary/aromatic N) is 3. The summed E-state index contributed by atoms with van der Waals surface area (Å²) in [7, 11) is 0. The van der Waals surface area contributed by atoms with Crippen LogP contribution in [-0.4, -0.2) is 46.0 Å². The van der Waals surface area contributed by atoms with Crippen molar-refractivity contribution >= 4 is 29.2 Å². The summed E-state index contributed by atoms with van der Waals surface area (Å²) in [4.78, 5) is 30.8. The molecule has 0 saturated carbocycles. The Labute approximate surface area is 140 Å². The number of aromatic nitrogens is 2. The molecule has 124 valence electrons. The number of piperazine rings is 1. The van der Waals surface area contributed by atoms with Crippen LogP contribution in [0, 0.1) is 0 Å². The maximum atomic E-state index is 12.4. The number of para-hydroxylation sites is 1. The van der Waals surface area contributed by atoms with Gasteiger partial charge in [0.2, 0.25) is 5.91 Å². The number of aryl methyl sites for hydroxylation is 1. The van der Waals surface area contributed by atoms with E-state index in [1.54, 1.807) is 6.07 Å². The summed E-state index contributed by atoms with van der Waals surface area (Å²) in [6.45, 7) is 4.78. The molecule has 1 N–H and O–H groups in total. The molecule has 0 unspecified atom stereocenters. The van der Waals surface area contributed by atoms with Crippen LogP contribution in [0.4, 0.5) is 0 Å². The fourth-order valence-corrected chi connectivity index (χ4v) is 2.84. The van der Waals surface area contributed by atoms with Crippen molar-refractivity contribution < 1.29 is 4.79 Å². The lowest BCUT2D eigenvalue weighted by molar-refractivity contribution is -0.134. The molecular formula is C16H21ClN4O2. The van der Waals surface area contributed by atoms with Gasteiger partial charge in [-0.1, -0.05) is 12.1 Å². The first-order valence-electron chi connectivity index (χ1n) is 7.61. The molecule has 3 rings (SSSR count). The van der Waals surface area contributed by atoms with Crippen molar-refractivity contribution in [2.24, 2.45) is 0 Å². The zero-order valence-corrected chi connectivity index (χ0v) is 13.9. The van der Waals surface area contributed by atoms with Gasteiger partial charge in [0.05, 0.1) is 17.2 Å². The highest BCUT2D eigenvalue weighted by Crippen LogP contribution is 2.07. The monoisotopic (exact) mass is 336 g/mol. The maximum Gasteiger partial charge on any atom is 0.261 e. The number of carbonyl (C=O) groups is 1. The van der Waals surface area contributed by atoms with Crippen LogP contribution in [0.5, 0.6) is 0 Å². The van der Waals surface area contributed by atoms with Gasteiger partial charge in [0.1, 0.15) is 0 Å². The number of benzene rings is 1. The Balaban J connectivity index is 0.00000192. The Morgan fingerprint density at radius 1 is 1.39 bits per heavy atom. The number of hydrogen-bond acceptors (Lipinski definition) is 4. The van der Waals surface area contributed by atoms with Crippen molar-refractivity contribution in [3.8, 4) is 0 Å². The average molecular weight is 337 g/mol. The van der Waals surface area contributed by atoms with Crippen LogP contribution in [0.15, 0.2) is 35.4 Å². The zero-order chi connectivity index (χ0) is 15.5. The van der Waals surface area contributed by atoms with Gasteiger partial charge >= 0.3 is 0 Å². The summed E-state index contributed by atoms with van der Waals surface area (Å²) >= 11 is 0. The molecule has 0 radical (unpaired) electrons. The van der Waals surface area contributed by atoms with E-state index in [1.807, 2.05) is 30.0 Å². The number of hydrogen-bond donors (Lipinski definition) is 1. The molecule has 0 aliphatic carbocycles. The lowest BCUT2D eigenvalue weighted by Crippen LogP contribution is -2.52. The number of carbonyl (C=O) groups excluding carboxylic acids is 1. The summed E-state index contributed by atoms with van der Waals surface area (Å²) < 4.78 is 1.52. The molecule has 0 bridgehead atoms. The first kappa shape index (κ1) is 17.4. The highest BCUT2D eigenvalue weighted by Gasteiger charge is 2.22. The van der Waals surface area contributed by atoms with Crippen molar-refractivity contribution in [2.75, 3.05) is 19.6 Å². The fraction of sp³-hybridized carbons (Fsp3) is 0.438. The van der Waals surface area contributed by atoms with E-state index in [2.05, 4.69) is 10.3 Å². The molecule has 2 aromatic rings. The van der Waals surface area contributed by atoms with Crippen molar-refractivity contribution in [3.05, 3.63) is 40.9 Å². The third kappa shape index (κ3) is 3.71. The van der Waals surface area contributed by atoms with Gasteiger partial charge in [-0.15, -0.1) is 12.4 Å². The topological polar surface area (TPSA) is 67.2 Å². The summed E-state index contributed by atoms with van der Waals surface area (Å²) in [5, 5.41) is 3.85. The van der Waals surface area contributed by atoms with E-state index in [0.717, 1.165) is 19.6 Å². The standard InChI is InChI=1S/C16H20N4O2.ClH/c1-12-10-17-7-9-20(12)15(21)6-8-19-11-18-14-5-3-2-4-13(14)16(19)22;/h2-5,11-12,17H,6-10H2,1H3;1H/t12-;/m1./s1. The lowest BCUT2D eigenvalue weighted by Gasteiger charge is -2.34. The highest BCUT2D eigenvalue weighted by molar-refractivity contribution is 5.85. The molecule has 23 heavy (non-hydrogen) atoms. The normalized spacial score (nSPS) is 17.8. The van der Waals surface area contributed by atoms with E-state index >= 15 is 0 Å². The maximum absolute atomic E-state index is 12.4. The van der Waals surface area contributed by atoms with Crippen LogP contribution < -0.4 is 10.9 Å². The summed E-state index contributed by atoms with van der Waals surface area (Å²) in [6.07, 6.45) is 1.85. The number of rotatable bonds is 3. The van der Waals surface area contributed by atoms with Gasteiger partial charge in [-0.3, -0.25) is 14.2 Å². The summed E-state index contributed by atoms with van der Waals surface area (Å²) in [6, 6.07) is 7.46. The number of amides is 1. The van der Waals surface area contributed by atoms with Crippen LogP contribution >= 0.6 is 12.4 Å². The van der Waals surface area contributed by atoms with Gasteiger partial charge in [-0.2, -0.15) is 0 Å². The smallest absolute Gasteiger partial charge is 0.261 e. The van der Waals surface area contributed by atoms with E-state index in [4.69, 9.17) is 0 Å². The van der Waals surface area contributed by atoms with Gasteiger partial charge in [0.15, 0.2) is 0 Å². The van der Waals surface area contributed by atoms with Crippen LogP contribution in [0.3, 0.4) is 0 Å². The molecule has 0 spiro atoms. The Kier molecular flexibility index (Phi) is 5.74. The van der Waals surface area contributed by atoms with Crippen molar-refractivity contribution in [1.29, 1.82) is 0 Å². The first-order valence-corrected chi connectivity index (χ1v) is 7.61. The highest BCUT2D eigenvalue weighted by atomic mass is 35.5. The molecule has 1 aromatic heterocycles. The molecule has 1 saturated heterocycles. The summed E-state index contributed by atoms with van der Waals surface area (Å²) in [5.74, 6) is 0.0917. The zero-order valence-electron chi connectivity index (χ0n) is 13.1. The van der Waals surface area contributed by atoms with E-state index < -0.39 is 0 Å². The number of halogens is 1. The Bertz CT molecular complexity index is 746. The van der Waals surface area contributed by atoms with E-state index in [-0.39, 0.29) is 29.9 Å². The Morgan fingerprint density at radius 2 is 2.17 bits per heavy atom. The predicted octanol–water partition coefficient (Wildman–Crippen LogP) is 1.03. The van der Waals surface area contributed by atoms with Crippen LogP contribution in [0.1, 0.15) is 13.3 Å². The molecule has 1 aromatic carbocycles. The summed E-state index contributed by atoms with van der Waals surface area (Å²) in [5.41, 5.74) is 0.595. The minimum Gasteiger partial charge on any atom is -0.337 e. The van der Waals surface area contributed by atoms with E-state index in [9.17, 15) is 9.59 Å². The fourth-order valence-electron chi connectivity index (χ4n) is 2.84. The second-order valence-electron chi connectivity index (χ2n) is 5.65. The molecule has 1 fully saturated rings. The van der Waals surface area contributed by atoms with Gasteiger partial charge in [-0.05, 0) is 19.1 Å². The van der Waals surface area contributed by atoms with Gasteiger partial charge in [0, 0.05) is 38.6 Å². The molecule has 1 aliphatic heterocycles. The largest absolute Gasteiger partial charge is 0.337 e. The first-order chi connectivity index (χ1) is 10.7. The van der Waals surface area contributed by atoms with Crippen molar-refractivity contribution in [2.45, 2.75) is 25.9 Å². The molecule has 1 atom stereocenters. The van der Waals surface area contributed by atoms with Crippen molar-refractivity contribution in [3.63, 3.8) is 0 Å². The van der Waals surface area contributed by atoms with Crippen LogP contribution in [0.25, 0.3) is 10.9 Å². The van der Waals surface area contributed by atoms with E-state index in [1.165, 1.54) is 10.9 Å². The van der Waals surface area contributed by atoms with Gasteiger partial charge < -0.3 is 10.2 Å². The average Bonchev–Trinajstić information content (AvgIpc) is 2.55. The Morgan fingerprint density at radius 3 is 2.96 bits per heavy atom. The molecular weight excluding hydrogens is 316 g/mol. The molecule has 6 nitrogen and oxygen atoms in total.